The van der Waals surface area contributed by atoms with Gasteiger partial charge in [-0.3, -0.25) is 4.79 Å². The molecule has 3 saturated carbocycles. The number of hydrogen-bond acceptors (Lipinski definition) is 11. The first-order valence-corrected chi connectivity index (χ1v) is 20.9. The van der Waals surface area contributed by atoms with Crippen LogP contribution in [0, 0.1) is 23.2 Å². The van der Waals surface area contributed by atoms with E-state index < -0.39 is 42.2 Å². The summed E-state index contributed by atoms with van der Waals surface area (Å²) in [4.78, 5) is 56.8. The first-order chi connectivity index (χ1) is 26.3. The van der Waals surface area contributed by atoms with Gasteiger partial charge in [-0.1, -0.05) is 19.9 Å². The largest absolute Gasteiger partial charge is 0.514 e. The Balaban J connectivity index is 1.17. The lowest BCUT2D eigenvalue weighted by atomic mass is 9.43. The van der Waals surface area contributed by atoms with Crippen LogP contribution in [0.5, 0.6) is 11.5 Å². The molecule has 6 fully saturated rings. The van der Waals surface area contributed by atoms with Crippen LogP contribution in [0.3, 0.4) is 0 Å². The number of benzene rings is 1. The maximum absolute atomic E-state index is 14.0. The molecule has 1 unspecified atom stereocenters. The van der Waals surface area contributed by atoms with Gasteiger partial charge in [0.1, 0.15) is 34.2 Å². The lowest BCUT2D eigenvalue weighted by molar-refractivity contribution is -0.199. The van der Waals surface area contributed by atoms with E-state index in [1.807, 2.05) is 20.8 Å². The normalized spacial score (nSPS) is 27.1. The average Bonchev–Trinajstić information content (AvgIpc) is 3.39. The summed E-state index contributed by atoms with van der Waals surface area (Å²) in [5, 5.41) is 0. The van der Waals surface area contributed by atoms with Crippen molar-refractivity contribution in [1.29, 1.82) is 0 Å². The molecule has 2 amide bonds. The van der Waals surface area contributed by atoms with Crippen LogP contribution in [-0.2, 0) is 34.7 Å². The number of nitrogens with zero attached hydrogens (tertiary/aromatic N) is 2. The molecule has 6 aliphatic rings. The number of carbonyl (C=O) groups is 4. The summed E-state index contributed by atoms with van der Waals surface area (Å²) >= 11 is 0. The highest BCUT2D eigenvalue weighted by Crippen LogP contribution is 2.65. The monoisotopic (exact) mass is 796 g/mol. The molecule has 0 spiro atoms. The minimum absolute atomic E-state index is 0.000103. The number of amides is 2. The predicted octanol–water partition coefficient (Wildman–Crippen LogP) is 7.85. The van der Waals surface area contributed by atoms with E-state index in [0.29, 0.717) is 62.7 Å². The van der Waals surface area contributed by atoms with Crippen LogP contribution in [0.2, 0.25) is 6.32 Å². The lowest BCUT2D eigenvalue weighted by Gasteiger charge is -2.64. The summed E-state index contributed by atoms with van der Waals surface area (Å²) in [5.41, 5.74) is -1.92. The van der Waals surface area contributed by atoms with Crippen molar-refractivity contribution < 1.29 is 52.2 Å². The van der Waals surface area contributed by atoms with Gasteiger partial charge in [0.15, 0.2) is 5.75 Å². The Morgan fingerprint density at radius 2 is 1.53 bits per heavy atom. The maximum Gasteiger partial charge on any atom is 0.514 e. The molecule has 2 bridgehead atoms. The number of aryl methyl sites for hydroxylation is 1. The molecule has 5 atom stereocenters. The third-order valence-corrected chi connectivity index (χ3v) is 12.2. The molecule has 316 valence electrons. The SMILES string of the molecule is CC(C)(C)OC(=O)Oc1c(CCB2O[C@@H]3C[C@@H]4C[C@@H](C4(C)C)[C@]3(C)O2)ccc(OC2CN(C(=O)CC3CCCN(C(=O)OC(C)(C)C)C3)C2)c1C(=O)OC(C)(C)C. The molecule has 1 aromatic carbocycles. The summed E-state index contributed by atoms with van der Waals surface area (Å²) in [7, 11) is -0.460. The minimum atomic E-state index is -0.965. The molecule has 7 rings (SSSR count). The fourth-order valence-electron chi connectivity index (χ4n) is 9.24. The van der Waals surface area contributed by atoms with Crippen molar-refractivity contribution in [3.63, 3.8) is 0 Å². The molecule has 3 aliphatic carbocycles. The van der Waals surface area contributed by atoms with E-state index in [1.54, 1.807) is 63.5 Å². The van der Waals surface area contributed by atoms with Crippen molar-refractivity contribution >= 4 is 31.2 Å². The first kappa shape index (κ1) is 43.1. The van der Waals surface area contributed by atoms with Gasteiger partial charge in [0.05, 0.1) is 24.8 Å². The number of rotatable bonds is 9. The van der Waals surface area contributed by atoms with Crippen molar-refractivity contribution in [2.75, 3.05) is 26.2 Å². The molecule has 14 heteroatoms. The van der Waals surface area contributed by atoms with Crippen LogP contribution in [0.15, 0.2) is 12.1 Å². The highest BCUT2D eigenvalue weighted by Gasteiger charge is 2.67. The summed E-state index contributed by atoms with van der Waals surface area (Å²) in [6.07, 6.45) is 3.21. The van der Waals surface area contributed by atoms with Crippen LogP contribution >= 0.6 is 0 Å². The van der Waals surface area contributed by atoms with Gasteiger partial charge in [0.2, 0.25) is 5.91 Å². The lowest BCUT2D eigenvalue weighted by Crippen LogP contribution is -2.65. The van der Waals surface area contributed by atoms with Crippen LogP contribution in [0.4, 0.5) is 9.59 Å². The average molecular weight is 797 g/mol. The quantitative estimate of drug-likeness (QED) is 0.105. The first-order valence-electron chi connectivity index (χ1n) is 20.9. The molecule has 0 aromatic heterocycles. The van der Waals surface area contributed by atoms with Crippen molar-refractivity contribution in [2.45, 2.75) is 163 Å². The van der Waals surface area contributed by atoms with Crippen LogP contribution in [-0.4, -0.2) is 102 Å². The number of piperidine rings is 1. The molecule has 0 radical (unpaired) electrons. The molecular weight excluding hydrogens is 731 g/mol. The molecule has 57 heavy (non-hydrogen) atoms. The van der Waals surface area contributed by atoms with Gasteiger partial charge in [0, 0.05) is 19.5 Å². The molecule has 3 heterocycles. The summed E-state index contributed by atoms with van der Waals surface area (Å²) in [5.74, 6) is 0.508. The third kappa shape index (κ3) is 9.86. The molecule has 1 aromatic rings. The predicted molar refractivity (Wildman–Crippen MR) is 213 cm³/mol. The summed E-state index contributed by atoms with van der Waals surface area (Å²) < 4.78 is 42.5. The second-order valence-corrected chi connectivity index (χ2v) is 20.6. The highest BCUT2D eigenvalue weighted by atomic mass is 16.7. The van der Waals surface area contributed by atoms with E-state index in [2.05, 4.69) is 20.8 Å². The maximum atomic E-state index is 14.0. The Labute approximate surface area is 339 Å². The number of likely N-dealkylation sites (tertiary alicyclic amines) is 2. The zero-order valence-electron chi connectivity index (χ0n) is 36.3. The second kappa shape index (κ2) is 15.6. The highest BCUT2D eigenvalue weighted by molar-refractivity contribution is 6.45. The van der Waals surface area contributed by atoms with Crippen LogP contribution in [0.25, 0.3) is 0 Å². The van der Waals surface area contributed by atoms with Gasteiger partial charge >= 0.3 is 25.3 Å². The van der Waals surface area contributed by atoms with Crippen molar-refractivity contribution in [1.82, 2.24) is 9.80 Å². The van der Waals surface area contributed by atoms with Crippen LogP contribution < -0.4 is 9.47 Å². The Bertz CT molecular complexity index is 1710. The van der Waals surface area contributed by atoms with Gasteiger partial charge in [-0.25, -0.2) is 14.4 Å². The summed E-state index contributed by atoms with van der Waals surface area (Å²) in [6.45, 7) is 24.5. The third-order valence-electron chi connectivity index (χ3n) is 12.2. The number of hydrogen-bond donors (Lipinski definition) is 0. The zero-order chi connectivity index (χ0) is 41.9. The van der Waals surface area contributed by atoms with Gasteiger partial charge in [-0.05, 0) is 142 Å². The van der Waals surface area contributed by atoms with E-state index in [0.717, 1.165) is 25.7 Å². The van der Waals surface area contributed by atoms with E-state index in [-0.39, 0.29) is 52.1 Å². The number of carbonyl (C=O) groups excluding carboxylic acids is 4. The van der Waals surface area contributed by atoms with Crippen molar-refractivity contribution in [3.05, 3.63) is 23.3 Å². The molecule has 0 N–H and O–H groups in total. The number of esters is 1. The molecule has 3 saturated heterocycles. The van der Waals surface area contributed by atoms with Gasteiger partial charge in [0.25, 0.3) is 0 Å². The molecule has 13 nitrogen and oxygen atoms in total. The van der Waals surface area contributed by atoms with E-state index in [1.165, 1.54) is 0 Å². The summed E-state index contributed by atoms with van der Waals surface area (Å²) in [6, 6.07) is 3.48. The van der Waals surface area contributed by atoms with Crippen molar-refractivity contribution in [3.8, 4) is 11.5 Å². The van der Waals surface area contributed by atoms with Gasteiger partial charge in [-0.2, -0.15) is 0 Å². The Kier molecular flexibility index (Phi) is 11.8. The van der Waals surface area contributed by atoms with E-state index in [4.69, 9.17) is 33.0 Å². The molecule has 3 aliphatic heterocycles. The smallest absolute Gasteiger partial charge is 0.486 e. The Morgan fingerprint density at radius 3 is 2.16 bits per heavy atom. The van der Waals surface area contributed by atoms with Gasteiger partial charge in [-0.15, -0.1) is 0 Å². The molecular formula is C43H65BN2O11. The number of ether oxygens (including phenoxy) is 5. The van der Waals surface area contributed by atoms with E-state index >= 15 is 0 Å². The van der Waals surface area contributed by atoms with E-state index in [9.17, 15) is 19.2 Å². The van der Waals surface area contributed by atoms with Crippen LogP contribution in [0.1, 0.15) is 131 Å². The topological polar surface area (TPSA) is 139 Å². The fraction of sp³-hybridized carbons (Fsp3) is 0.767. The standard InChI is InChI=1S/C43H65BN2O11/c1-39(2,3)53-36(48)34-30(51-29-24-46(25-29)33(47)20-26-14-13-19-45(23-26)37(49)54-40(4,5)6)16-15-27(35(34)52-38(50)55-41(7,8)9)17-18-44-56-32-22-28-21-31(42(28,10)11)43(32,12)57-44/h15-16,26,28-29,31-32H,13-14,17-25H2,1-12H3/t26?,28-,31-,32+,43-/m0/s1. The van der Waals surface area contributed by atoms with Crippen molar-refractivity contribution in [2.24, 2.45) is 23.2 Å². The Morgan fingerprint density at radius 1 is 0.860 bits per heavy atom. The minimum Gasteiger partial charge on any atom is -0.486 e. The van der Waals surface area contributed by atoms with Gasteiger partial charge < -0.3 is 42.8 Å². The second-order valence-electron chi connectivity index (χ2n) is 20.6. The fourth-order valence-corrected chi connectivity index (χ4v) is 9.24. The zero-order valence-corrected chi connectivity index (χ0v) is 36.3. The Hall–Kier alpha value is -3.52.